The minimum atomic E-state index is -0.732. The van der Waals surface area contributed by atoms with Crippen LogP contribution in [0.15, 0.2) is 58.5 Å². The van der Waals surface area contributed by atoms with Gasteiger partial charge in [0.05, 0.1) is 18.0 Å². The minimum Gasteiger partial charge on any atom is -0.383 e. The van der Waals surface area contributed by atoms with Crippen molar-refractivity contribution in [3.63, 3.8) is 0 Å². The number of para-hydroxylation sites is 1. The molecule has 0 saturated carbocycles. The van der Waals surface area contributed by atoms with Crippen molar-refractivity contribution in [2.24, 2.45) is 9.98 Å². The molecular weight excluding hydrogens is 485 g/mol. The number of hydrogen-bond donors (Lipinski definition) is 2. The lowest BCUT2D eigenvalue weighted by molar-refractivity contribution is -0.125. The van der Waals surface area contributed by atoms with E-state index in [4.69, 9.17) is 4.74 Å². The molecule has 2 aliphatic heterocycles. The lowest BCUT2D eigenvalue weighted by Gasteiger charge is -2.25. The van der Waals surface area contributed by atoms with Gasteiger partial charge in [-0.25, -0.2) is 14.3 Å². The zero-order valence-electron chi connectivity index (χ0n) is 19.7. The molecule has 9 nitrogen and oxygen atoms in total. The Morgan fingerprint density at radius 2 is 1.89 bits per heavy atom. The van der Waals surface area contributed by atoms with Crippen molar-refractivity contribution in [1.82, 2.24) is 15.5 Å². The van der Waals surface area contributed by atoms with Crippen LogP contribution in [-0.4, -0.2) is 65.7 Å². The normalized spacial score (nSPS) is 16.1. The van der Waals surface area contributed by atoms with Crippen LogP contribution in [0.25, 0.3) is 0 Å². The minimum absolute atomic E-state index is 0.0816. The molecule has 0 aliphatic carbocycles. The molecule has 2 aromatic carbocycles. The molecule has 0 spiro atoms. The molecule has 2 aromatic rings. The van der Waals surface area contributed by atoms with Crippen LogP contribution < -0.4 is 10.6 Å². The number of fused-ring (bicyclic) bond motifs is 3. The predicted octanol–water partition coefficient (Wildman–Crippen LogP) is 2.38. The molecule has 0 aromatic heterocycles. The van der Waals surface area contributed by atoms with E-state index in [2.05, 4.69) is 20.6 Å². The summed E-state index contributed by atoms with van der Waals surface area (Å²) in [6.07, 6.45) is 0.330. The third kappa shape index (κ3) is 6.16. The number of hydrogen-bond acceptors (Lipinski definition) is 7. The smallest absolute Gasteiger partial charge is 0.259 e. The number of aliphatic imine (C=N–C) groups is 2. The Bertz CT molecular complexity index is 1200. The fourth-order valence-corrected chi connectivity index (χ4v) is 4.55. The van der Waals surface area contributed by atoms with E-state index in [1.54, 1.807) is 19.2 Å². The van der Waals surface area contributed by atoms with Crippen LogP contribution in [-0.2, 0) is 25.7 Å². The van der Waals surface area contributed by atoms with Crippen LogP contribution in [0.4, 0.5) is 10.1 Å². The number of thioether (sulfide) groups is 1. The van der Waals surface area contributed by atoms with Crippen molar-refractivity contribution in [3.8, 4) is 0 Å². The second-order valence-corrected chi connectivity index (χ2v) is 9.07. The highest BCUT2D eigenvalue weighted by atomic mass is 32.2. The first-order valence-electron chi connectivity index (χ1n) is 11.5. The van der Waals surface area contributed by atoms with Gasteiger partial charge in [-0.05, 0) is 36.2 Å². The van der Waals surface area contributed by atoms with Crippen LogP contribution in [0.2, 0.25) is 0 Å². The Hall–Kier alpha value is -3.57. The first-order valence-corrected chi connectivity index (χ1v) is 12.4. The van der Waals surface area contributed by atoms with E-state index in [1.165, 1.54) is 17.0 Å². The molecule has 2 heterocycles. The highest BCUT2D eigenvalue weighted by Gasteiger charge is 2.41. The number of methoxy groups -OCH3 is 1. The number of nitrogens with one attached hydrogen (secondary N) is 2. The molecule has 2 N–H and O–H groups in total. The number of halogens is 1. The van der Waals surface area contributed by atoms with E-state index in [-0.39, 0.29) is 48.7 Å². The molecule has 0 fully saturated rings. The lowest BCUT2D eigenvalue weighted by Crippen LogP contribution is -2.42. The average Bonchev–Trinajstić information content (AvgIpc) is 3.22. The monoisotopic (exact) mass is 511 g/mol. The third-order valence-electron chi connectivity index (χ3n) is 5.56. The Morgan fingerprint density at radius 3 is 2.67 bits per heavy atom. The van der Waals surface area contributed by atoms with E-state index in [1.807, 2.05) is 24.3 Å². The first-order chi connectivity index (χ1) is 17.5. The van der Waals surface area contributed by atoms with Crippen LogP contribution >= 0.6 is 11.8 Å². The van der Waals surface area contributed by atoms with Gasteiger partial charge in [-0.3, -0.25) is 19.4 Å². The Labute approximate surface area is 212 Å². The summed E-state index contributed by atoms with van der Waals surface area (Å²) < 4.78 is 18.0. The van der Waals surface area contributed by atoms with Crippen molar-refractivity contribution in [3.05, 3.63) is 65.5 Å². The number of ether oxygens (including phenoxy) is 1. The van der Waals surface area contributed by atoms with Crippen LogP contribution in [0.5, 0.6) is 0 Å². The molecule has 0 bridgehead atoms. The second-order valence-electron chi connectivity index (χ2n) is 8.13. The van der Waals surface area contributed by atoms with Gasteiger partial charge in [-0.1, -0.05) is 36.0 Å². The molecule has 36 heavy (non-hydrogen) atoms. The predicted molar refractivity (Wildman–Crippen MR) is 136 cm³/mol. The largest absolute Gasteiger partial charge is 0.383 e. The molecule has 3 amide bonds. The fourth-order valence-electron chi connectivity index (χ4n) is 3.72. The number of benzene rings is 2. The van der Waals surface area contributed by atoms with E-state index >= 15 is 0 Å². The highest BCUT2D eigenvalue weighted by molar-refractivity contribution is 8.14. The summed E-state index contributed by atoms with van der Waals surface area (Å²) in [5, 5.41) is 5.90. The van der Waals surface area contributed by atoms with Crippen LogP contribution in [0.1, 0.15) is 24.0 Å². The number of rotatable bonds is 10. The van der Waals surface area contributed by atoms with Gasteiger partial charge in [0.15, 0.2) is 5.17 Å². The fraction of sp³-hybridized carbons (Fsp3) is 0.320. The van der Waals surface area contributed by atoms with Gasteiger partial charge in [-0.2, -0.15) is 0 Å². The zero-order chi connectivity index (χ0) is 25.5. The molecule has 1 atom stereocenters. The van der Waals surface area contributed by atoms with Gasteiger partial charge in [0, 0.05) is 32.2 Å². The maximum atomic E-state index is 13.3. The summed E-state index contributed by atoms with van der Waals surface area (Å²) in [7, 11) is 1.56. The van der Waals surface area contributed by atoms with E-state index < -0.39 is 6.04 Å². The standard InChI is InChI=1S/C25H26FN5O4S/c1-35-13-12-27-22(33)15-36-25-30-19-5-3-2-4-18(19)23-29-20(24(34)31(23)25)10-11-21(32)28-14-16-6-8-17(26)9-7-16/h2-9,20H,10-15H2,1H3,(H,27,33)(H,28,32)/t20-/m1/s1. The van der Waals surface area contributed by atoms with Gasteiger partial charge < -0.3 is 15.4 Å². The van der Waals surface area contributed by atoms with E-state index in [9.17, 15) is 18.8 Å². The van der Waals surface area contributed by atoms with Crippen molar-refractivity contribution in [2.45, 2.75) is 25.4 Å². The lowest BCUT2D eigenvalue weighted by atomic mass is 10.1. The summed E-state index contributed by atoms with van der Waals surface area (Å²) in [4.78, 5) is 48.5. The Kier molecular flexibility index (Phi) is 8.44. The highest BCUT2D eigenvalue weighted by Crippen LogP contribution is 2.34. The van der Waals surface area contributed by atoms with E-state index in [0.29, 0.717) is 29.8 Å². The van der Waals surface area contributed by atoms with Gasteiger partial charge in [-0.15, -0.1) is 0 Å². The maximum Gasteiger partial charge on any atom is 0.259 e. The Balaban J connectivity index is 1.39. The number of carbonyl (C=O) groups excluding carboxylic acids is 3. The van der Waals surface area contributed by atoms with Crippen LogP contribution in [0.3, 0.4) is 0 Å². The van der Waals surface area contributed by atoms with Gasteiger partial charge in [0.1, 0.15) is 17.7 Å². The Morgan fingerprint density at radius 1 is 1.11 bits per heavy atom. The van der Waals surface area contributed by atoms with Crippen molar-refractivity contribution in [1.29, 1.82) is 0 Å². The quantitative estimate of drug-likeness (QED) is 0.476. The second kappa shape index (κ2) is 11.9. The SMILES string of the molecule is COCCNC(=O)CSC1=Nc2ccccc2C2=N[C@H](CCC(=O)NCc3ccc(F)cc3)C(=O)N12. The van der Waals surface area contributed by atoms with Gasteiger partial charge in [0.2, 0.25) is 11.8 Å². The molecule has 2 aliphatic rings. The molecule has 11 heteroatoms. The summed E-state index contributed by atoms with van der Waals surface area (Å²) in [5.74, 6) is -0.485. The van der Waals surface area contributed by atoms with Crippen molar-refractivity contribution < 1.29 is 23.5 Å². The molecular formula is C25H26FN5O4S. The first kappa shape index (κ1) is 25.5. The van der Waals surface area contributed by atoms with Gasteiger partial charge in [0.25, 0.3) is 5.91 Å². The molecule has 0 saturated heterocycles. The molecule has 4 rings (SSSR count). The van der Waals surface area contributed by atoms with Crippen LogP contribution in [0, 0.1) is 5.82 Å². The van der Waals surface area contributed by atoms with Crippen molar-refractivity contribution in [2.75, 3.05) is 26.0 Å². The third-order valence-corrected chi connectivity index (χ3v) is 6.49. The topological polar surface area (TPSA) is 112 Å². The van der Waals surface area contributed by atoms with Crippen molar-refractivity contribution >= 4 is 46.2 Å². The summed E-state index contributed by atoms with van der Waals surface area (Å²) >= 11 is 1.16. The number of carbonyl (C=O) groups is 3. The number of amides is 3. The summed E-state index contributed by atoms with van der Waals surface area (Å²) in [6, 6.07) is 12.5. The molecule has 0 radical (unpaired) electrons. The number of amidine groups is 2. The zero-order valence-corrected chi connectivity index (χ0v) is 20.5. The van der Waals surface area contributed by atoms with Gasteiger partial charge >= 0.3 is 0 Å². The summed E-state index contributed by atoms with van der Waals surface area (Å²) in [5.41, 5.74) is 2.17. The molecule has 188 valence electrons. The molecule has 0 unspecified atom stereocenters. The maximum absolute atomic E-state index is 13.3. The van der Waals surface area contributed by atoms with E-state index in [0.717, 1.165) is 22.9 Å². The number of nitrogens with zero attached hydrogens (tertiary/aromatic N) is 3. The summed E-state index contributed by atoms with van der Waals surface area (Å²) in [6.45, 7) is 1.07. The average molecular weight is 512 g/mol.